The van der Waals surface area contributed by atoms with E-state index in [4.69, 9.17) is 5.73 Å². The lowest BCUT2D eigenvalue weighted by atomic mass is 9.99. The molecule has 2 unspecified atom stereocenters. The minimum absolute atomic E-state index is 0.116. The zero-order valence-corrected chi connectivity index (χ0v) is 12.6. The van der Waals surface area contributed by atoms with Crippen LogP contribution in [0, 0.1) is 11.7 Å². The second-order valence-electron chi connectivity index (χ2n) is 5.46. The third-order valence-electron chi connectivity index (χ3n) is 3.66. The molecule has 2 atom stereocenters. The van der Waals surface area contributed by atoms with Gasteiger partial charge in [-0.05, 0) is 23.6 Å². The molecule has 3 nitrogen and oxygen atoms in total. The molecule has 0 saturated carbocycles. The predicted molar refractivity (Wildman–Crippen MR) is 85.6 cm³/mol. The first-order valence-corrected chi connectivity index (χ1v) is 7.39. The Morgan fingerprint density at radius 2 is 1.77 bits per heavy atom. The van der Waals surface area contributed by atoms with Gasteiger partial charge in [0.05, 0.1) is 0 Å². The van der Waals surface area contributed by atoms with Crippen LogP contribution in [0.15, 0.2) is 54.6 Å². The lowest BCUT2D eigenvalue weighted by Crippen LogP contribution is -2.35. The number of halogens is 1. The Labute approximate surface area is 130 Å². The van der Waals surface area contributed by atoms with E-state index in [0.29, 0.717) is 18.5 Å². The summed E-state index contributed by atoms with van der Waals surface area (Å²) in [4.78, 5) is 12.1. The maximum Gasteiger partial charge on any atom is 0.223 e. The van der Waals surface area contributed by atoms with Gasteiger partial charge in [-0.1, -0.05) is 55.5 Å². The number of nitrogens with one attached hydrogen (secondary N) is 1. The molecule has 2 aromatic rings. The minimum Gasteiger partial charge on any atom is -0.354 e. The molecule has 0 spiro atoms. The van der Waals surface area contributed by atoms with Gasteiger partial charge in [0, 0.05) is 18.5 Å². The number of hydrogen-bond donors (Lipinski definition) is 2. The Kier molecular flexibility index (Phi) is 5.67. The number of nitrogens with two attached hydrogens (primary N) is 1. The van der Waals surface area contributed by atoms with Gasteiger partial charge in [-0.25, -0.2) is 4.39 Å². The minimum atomic E-state index is -0.306. The van der Waals surface area contributed by atoms with Crippen LogP contribution < -0.4 is 11.1 Å². The van der Waals surface area contributed by atoms with Crippen LogP contribution in [0.3, 0.4) is 0 Å². The monoisotopic (exact) mass is 300 g/mol. The van der Waals surface area contributed by atoms with Gasteiger partial charge in [0.2, 0.25) is 5.91 Å². The largest absolute Gasteiger partial charge is 0.354 e. The summed E-state index contributed by atoms with van der Waals surface area (Å²) in [5, 5.41) is 2.83. The number of benzene rings is 2. The highest BCUT2D eigenvalue weighted by Crippen LogP contribution is 2.13. The second kappa shape index (κ2) is 7.71. The van der Waals surface area contributed by atoms with Gasteiger partial charge >= 0.3 is 0 Å². The molecule has 0 fully saturated rings. The first-order chi connectivity index (χ1) is 10.6. The van der Waals surface area contributed by atoms with E-state index in [0.717, 1.165) is 5.56 Å². The fourth-order valence-electron chi connectivity index (χ4n) is 2.29. The number of rotatable bonds is 6. The van der Waals surface area contributed by atoms with Crippen LogP contribution in [0.2, 0.25) is 0 Å². The highest BCUT2D eigenvalue weighted by Gasteiger charge is 2.16. The maximum atomic E-state index is 13.6. The van der Waals surface area contributed by atoms with Crippen LogP contribution in [0.4, 0.5) is 4.39 Å². The van der Waals surface area contributed by atoms with Crippen molar-refractivity contribution in [3.63, 3.8) is 0 Å². The third-order valence-corrected chi connectivity index (χ3v) is 3.66. The molecular weight excluding hydrogens is 279 g/mol. The molecule has 0 radical (unpaired) electrons. The standard InChI is InChI=1S/C18H21FN2O/c1-13(11-15-9-5-6-10-16(15)19)18(22)21-12-17(20)14-7-3-2-4-8-14/h2-10,13,17H,11-12,20H2,1H3,(H,21,22). The molecular formula is C18H21FN2O. The predicted octanol–water partition coefficient (Wildman–Crippen LogP) is 2.82. The van der Waals surface area contributed by atoms with Crippen LogP contribution in [0.1, 0.15) is 24.1 Å². The summed E-state index contributed by atoms with van der Waals surface area (Å²) in [6, 6.07) is 15.9. The first kappa shape index (κ1) is 16.2. The summed E-state index contributed by atoms with van der Waals surface area (Å²) in [7, 11) is 0. The van der Waals surface area contributed by atoms with Crippen LogP contribution in [0.5, 0.6) is 0 Å². The van der Waals surface area contributed by atoms with E-state index in [-0.39, 0.29) is 23.7 Å². The molecule has 116 valence electrons. The summed E-state index contributed by atoms with van der Waals surface area (Å²) in [5.41, 5.74) is 7.58. The normalized spacial score (nSPS) is 13.4. The molecule has 0 aliphatic rings. The first-order valence-electron chi connectivity index (χ1n) is 7.39. The second-order valence-corrected chi connectivity index (χ2v) is 5.46. The SMILES string of the molecule is CC(Cc1ccccc1F)C(=O)NCC(N)c1ccccc1. The van der Waals surface area contributed by atoms with E-state index in [1.54, 1.807) is 25.1 Å². The van der Waals surface area contributed by atoms with E-state index in [1.807, 2.05) is 30.3 Å². The molecule has 1 amide bonds. The number of carbonyl (C=O) groups excluding carboxylic acids is 1. The van der Waals surface area contributed by atoms with E-state index in [1.165, 1.54) is 6.07 Å². The molecule has 0 bridgehead atoms. The number of carbonyl (C=O) groups is 1. The zero-order valence-electron chi connectivity index (χ0n) is 12.6. The van der Waals surface area contributed by atoms with E-state index >= 15 is 0 Å². The van der Waals surface area contributed by atoms with Crippen molar-refractivity contribution in [3.8, 4) is 0 Å². The summed E-state index contributed by atoms with van der Waals surface area (Å²) in [6.45, 7) is 2.15. The Morgan fingerprint density at radius 1 is 1.14 bits per heavy atom. The van der Waals surface area contributed by atoms with Crippen LogP contribution in [-0.2, 0) is 11.2 Å². The van der Waals surface area contributed by atoms with Crippen molar-refractivity contribution in [1.82, 2.24) is 5.32 Å². The van der Waals surface area contributed by atoms with Gasteiger partial charge in [-0.3, -0.25) is 4.79 Å². The number of hydrogen-bond acceptors (Lipinski definition) is 2. The quantitative estimate of drug-likeness (QED) is 0.862. The van der Waals surface area contributed by atoms with Crippen molar-refractivity contribution >= 4 is 5.91 Å². The van der Waals surface area contributed by atoms with E-state index < -0.39 is 0 Å². The topological polar surface area (TPSA) is 55.1 Å². The zero-order chi connectivity index (χ0) is 15.9. The van der Waals surface area contributed by atoms with Crippen LogP contribution >= 0.6 is 0 Å². The van der Waals surface area contributed by atoms with Gasteiger partial charge in [0.15, 0.2) is 0 Å². The molecule has 0 heterocycles. The van der Waals surface area contributed by atoms with Crippen molar-refractivity contribution < 1.29 is 9.18 Å². The van der Waals surface area contributed by atoms with Gasteiger partial charge in [-0.15, -0.1) is 0 Å². The van der Waals surface area contributed by atoms with Crippen molar-refractivity contribution in [3.05, 3.63) is 71.5 Å². The molecule has 0 aliphatic heterocycles. The molecule has 2 rings (SSSR count). The summed E-state index contributed by atoms with van der Waals surface area (Å²) < 4.78 is 13.6. The Balaban J connectivity index is 1.85. The van der Waals surface area contributed by atoms with Gasteiger partial charge in [0.25, 0.3) is 0 Å². The fraction of sp³-hybridized carbons (Fsp3) is 0.278. The Hall–Kier alpha value is -2.20. The summed E-state index contributed by atoms with van der Waals surface area (Å²) in [5.74, 6) is -0.697. The molecule has 3 N–H and O–H groups in total. The van der Waals surface area contributed by atoms with Crippen molar-refractivity contribution in [2.24, 2.45) is 11.7 Å². The Bertz CT molecular complexity index is 615. The van der Waals surface area contributed by atoms with Crippen LogP contribution in [0.25, 0.3) is 0 Å². The van der Waals surface area contributed by atoms with Gasteiger partial charge in [0.1, 0.15) is 5.82 Å². The Morgan fingerprint density at radius 3 is 2.45 bits per heavy atom. The third kappa shape index (κ3) is 4.40. The van der Waals surface area contributed by atoms with Gasteiger partial charge in [-0.2, -0.15) is 0 Å². The lowest BCUT2D eigenvalue weighted by Gasteiger charge is -2.16. The van der Waals surface area contributed by atoms with Gasteiger partial charge < -0.3 is 11.1 Å². The smallest absolute Gasteiger partial charge is 0.223 e. The summed E-state index contributed by atoms with van der Waals surface area (Å²) >= 11 is 0. The fourth-order valence-corrected chi connectivity index (χ4v) is 2.29. The van der Waals surface area contributed by atoms with Crippen molar-refractivity contribution in [1.29, 1.82) is 0 Å². The van der Waals surface area contributed by atoms with E-state index in [9.17, 15) is 9.18 Å². The van der Waals surface area contributed by atoms with E-state index in [2.05, 4.69) is 5.32 Å². The molecule has 0 aromatic heterocycles. The lowest BCUT2D eigenvalue weighted by molar-refractivity contribution is -0.124. The molecule has 2 aromatic carbocycles. The van der Waals surface area contributed by atoms with Crippen molar-refractivity contribution in [2.45, 2.75) is 19.4 Å². The molecule has 22 heavy (non-hydrogen) atoms. The molecule has 0 saturated heterocycles. The maximum absolute atomic E-state index is 13.6. The van der Waals surface area contributed by atoms with Crippen molar-refractivity contribution in [2.75, 3.05) is 6.54 Å². The average molecular weight is 300 g/mol. The summed E-state index contributed by atoms with van der Waals surface area (Å²) in [6.07, 6.45) is 0.374. The average Bonchev–Trinajstić information content (AvgIpc) is 2.55. The highest BCUT2D eigenvalue weighted by atomic mass is 19.1. The molecule has 0 aliphatic carbocycles. The number of amides is 1. The molecule has 4 heteroatoms. The van der Waals surface area contributed by atoms with Crippen LogP contribution in [-0.4, -0.2) is 12.5 Å². The highest BCUT2D eigenvalue weighted by molar-refractivity contribution is 5.78.